The number of rotatable bonds is 5. The highest BCUT2D eigenvalue weighted by molar-refractivity contribution is 5.99. The zero-order valence-electron chi connectivity index (χ0n) is 14.1. The summed E-state index contributed by atoms with van der Waals surface area (Å²) >= 11 is 0. The Morgan fingerprint density at radius 1 is 1.12 bits per heavy atom. The molecule has 3 rings (SSSR count). The van der Waals surface area contributed by atoms with E-state index in [0.29, 0.717) is 18.5 Å². The first-order chi connectivity index (χ1) is 12.4. The molecule has 0 atom stereocenters. The third-order valence-electron chi connectivity index (χ3n) is 4.66. The first-order valence-electron chi connectivity index (χ1n) is 8.44. The molecule has 0 radical (unpaired) electrons. The highest BCUT2D eigenvalue weighted by atomic mass is 16.4. The summed E-state index contributed by atoms with van der Waals surface area (Å²) < 4.78 is 1.28. The number of carbonyl (C=O) groups is 3. The number of hydrogen-bond donors (Lipinski definition) is 3. The van der Waals surface area contributed by atoms with Gasteiger partial charge in [0.25, 0.3) is 11.8 Å². The summed E-state index contributed by atoms with van der Waals surface area (Å²) in [4.78, 5) is 36.1. The summed E-state index contributed by atoms with van der Waals surface area (Å²) in [6.45, 7) is 0. The molecule has 26 heavy (non-hydrogen) atoms. The van der Waals surface area contributed by atoms with Crippen LogP contribution >= 0.6 is 0 Å². The highest BCUT2D eigenvalue weighted by Crippen LogP contribution is 2.29. The van der Waals surface area contributed by atoms with E-state index in [1.165, 1.54) is 10.7 Å². The van der Waals surface area contributed by atoms with Crippen molar-refractivity contribution in [3.8, 4) is 5.69 Å². The average molecular weight is 356 g/mol. The summed E-state index contributed by atoms with van der Waals surface area (Å²) in [5.41, 5.74) is 4.68. The lowest BCUT2D eigenvalue weighted by atomic mass is 9.81. The van der Waals surface area contributed by atoms with Gasteiger partial charge in [-0.25, -0.2) is 9.48 Å². The topological polar surface area (TPSA) is 127 Å². The molecule has 8 nitrogen and oxygen atoms in total. The fourth-order valence-electron chi connectivity index (χ4n) is 3.26. The Morgan fingerprint density at radius 2 is 1.77 bits per heavy atom. The number of nitrogens with one attached hydrogen (secondary N) is 1. The lowest BCUT2D eigenvalue weighted by Gasteiger charge is -2.33. The second-order valence-corrected chi connectivity index (χ2v) is 6.43. The van der Waals surface area contributed by atoms with Gasteiger partial charge in [-0.3, -0.25) is 9.59 Å². The first-order valence-corrected chi connectivity index (χ1v) is 8.44. The van der Waals surface area contributed by atoms with Gasteiger partial charge >= 0.3 is 5.97 Å². The van der Waals surface area contributed by atoms with Gasteiger partial charge in [0.15, 0.2) is 5.69 Å². The van der Waals surface area contributed by atoms with Crippen LogP contribution in [0.5, 0.6) is 0 Å². The fraction of sp³-hybridized carbons (Fsp3) is 0.333. The number of aromatic nitrogens is 2. The van der Waals surface area contributed by atoms with Gasteiger partial charge in [-0.2, -0.15) is 5.10 Å². The van der Waals surface area contributed by atoms with Gasteiger partial charge in [-0.15, -0.1) is 0 Å². The molecule has 0 saturated heterocycles. The molecule has 8 heteroatoms. The van der Waals surface area contributed by atoms with Crippen molar-refractivity contribution >= 4 is 17.8 Å². The fourth-order valence-corrected chi connectivity index (χ4v) is 3.26. The van der Waals surface area contributed by atoms with Gasteiger partial charge in [0.05, 0.1) is 5.69 Å². The molecule has 2 amide bonds. The minimum Gasteiger partial charge on any atom is -0.480 e. The van der Waals surface area contributed by atoms with Gasteiger partial charge < -0.3 is 16.2 Å². The zero-order chi connectivity index (χ0) is 18.7. The van der Waals surface area contributed by atoms with E-state index in [2.05, 4.69) is 10.4 Å². The van der Waals surface area contributed by atoms with Gasteiger partial charge in [0.2, 0.25) is 0 Å². The molecule has 0 spiro atoms. The summed E-state index contributed by atoms with van der Waals surface area (Å²) in [5, 5.41) is 16.4. The number of hydrogen-bond acceptors (Lipinski definition) is 4. The molecule has 1 aliphatic carbocycles. The first kappa shape index (κ1) is 17.7. The molecule has 1 heterocycles. The van der Waals surface area contributed by atoms with Crippen molar-refractivity contribution in [1.82, 2.24) is 15.1 Å². The van der Waals surface area contributed by atoms with Crippen molar-refractivity contribution in [3.05, 3.63) is 47.8 Å². The number of carbonyl (C=O) groups excluding carboxylic acids is 2. The van der Waals surface area contributed by atoms with E-state index in [1.54, 1.807) is 24.3 Å². The standard InChI is InChI=1S/C18H20N4O4/c19-15(23)14-11-13(21-22(14)12-7-3-1-4-8-12)16(24)20-18(17(25)26)9-5-2-6-10-18/h1,3-4,7-8,11H,2,5-6,9-10H2,(H2,19,23)(H,20,24)(H,25,26). The summed E-state index contributed by atoms with van der Waals surface area (Å²) in [6, 6.07) is 10.1. The molecule has 0 unspecified atom stereocenters. The zero-order valence-corrected chi connectivity index (χ0v) is 14.1. The molecule has 4 N–H and O–H groups in total. The van der Waals surface area contributed by atoms with Gasteiger partial charge in [0.1, 0.15) is 11.2 Å². The largest absolute Gasteiger partial charge is 0.480 e. The van der Waals surface area contributed by atoms with E-state index in [1.807, 2.05) is 6.07 Å². The molecule has 2 aromatic rings. The molecule has 0 aliphatic heterocycles. The quantitative estimate of drug-likeness (QED) is 0.748. The molecular weight excluding hydrogens is 336 g/mol. The minimum atomic E-state index is -1.29. The van der Waals surface area contributed by atoms with Crippen molar-refractivity contribution in [3.63, 3.8) is 0 Å². The van der Waals surface area contributed by atoms with E-state index < -0.39 is 23.3 Å². The van der Waals surface area contributed by atoms with Crippen LogP contribution in [0.25, 0.3) is 5.69 Å². The maximum Gasteiger partial charge on any atom is 0.329 e. The minimum absolute atomic E-state index is 0.0474. The van der Waals surface area contributed by atoms with Crippen molar-refractivity contribution in [2.75, 3.05) is 0 Å². The van der Waals surface area contributed by atoms with Crippen LogP contribution in [0.1, 0.15) is 53.1 Å². The maximum absolute atomic E-state index is 12.6. The van der Waals surface area contributed by atoms with Crippen LogP contribution in [0, 0.1) is 0 Å². The predicted octanol–water partition coefficient (Wildman–Crippen LogP) is 1.49. The predicted molar refractivity (Wildman–Crippen MR) is 93.0 cm³/mol. The Bertz CT molecular complexity index is 838. The number of primary amides is 1. The van der Waals surface area contributed by atoms with E-state index >= 15 is 0 Å². The van der Waals surface area contributed by atoms with Crippen LogP contribution in [0.15, 0.2) is 36.4 Å². The lowest BCUT2D eigenvalue weighted by Crippen LogP contribution is -2.55. The number of nitrogens with zero attached hydrogens (tertiary/aromatic N) is 2. The Morgan fingerprint density at radius 3 is 2.35 bits per heavy atom. The van der Waals surface area contributed by atoms with Crippen LogP contribution < -0.4 is 11.1 Å². The summed E-state index contributed by atoms with van der Waals surface area (Å²) in [7, 11) is 0. The van der Waals surface area contributed by atoms with Crippen LogP contribution in [-0.4, -0.2) is 38.2 Å². The summed E-state index contributed by atoms with van der Waals surface area (Å²) in [5.74, 6) is -2.42. The van der Waals surface area contributed by atoms with Crippen LogP contribution in [0.4, 0.5) is 0 Å². The van der Waals surface area contributed by atoms with Crippen LogP contribution in [0.2, 0.25) is 0 Å². The second-order valence-electron chi connectivity index (χ2n) is 6.43. The molecule has 1 aromatic heterocycles. The van der Waals surface area contributed by atoms with E-state index in [4.69, 9.17) is 5.73 Å². The Hall–Kier alpha value is -3.16. The molecule has 1 aromatic carbocycles. The Kier molecular flexibility index (Phi) is 4.75. The Balaban J connectivity index is 1.93. The number of aliphatic carboxylic acids is 1. The molecule has 1 fully saturated rings. The highest BCUT2D eigenvalue weighted by Gasteiger charge is 2.41. The summed E-state index contributed by atoms with van der Waals surface area (Å²) in [6.07, 6.45) is 3.15. The second kappa shape index (κ2) is 6.99. The number of nitrogens with two attached hydrogens (primary N) is 1. The molecule has 0 bridgehead atoms. The van der Waals surface area contributed by atoms with Gasteiger partial charge in [-0.1, -0.05) is 37.5 Å². The van der Waals surface area contributed by atoms with E-state index in [9.17, 15) is 19.5 Å². The number of carboxylic acids is 1. The molecule has 136 valence electrons. The third-order valence-corrected chi connectivity index (χ3v) is 4.66. The normalized spacial score (nSPS) is 16.0. The van der Waals surface area contributed by atoms with Crippen LogP contribution in [-0.2, 0) is 4.79 Å². The smallest absolute Gasteiger partial charge is 0.329 e. The van der Waals surface area contributed by atoms with Gasteiger partial charge in [-0.05, 0) is 25.0 Å². The third kappa shape index (κ3) is 3.30. The number of amides is 2. The van der Waals surface area contributed by atoms with Crippen molar-refractivity contribution in [2.24, 2.45) is 5.73 Å². The van der Waals surface area contributed by atoms with Crippen LogP contribution in [0.3, 0.4) is 0 Å². The van der Waals surface area contributed by atoms with E-state index in [-0.39, 0.29) is 11.4 Å². The molecule has 1 aliphatic rings. The van der Waals surface area contributed by atoms with Crippen molar-refractivity contribution < 1.29 is 19.5 Å². The lowest BCUT2D eigenvalue weighted by molar-refractivity contribution is -0.145. The number of benzene rings is 1. The maximum atomic E-state index is 12.6. The molecule has 1 saturated carbocycles. The Labute approximate surface area is 150 Å². The molecular formula is C18H20N4O4. The van der Waals surface area contributed by atoms with E-state index in [0.717, 1.165) is 19.3 Å². The number of carboxylic acid groups (broad SMARTS) is 1. The number of para-hydroxylation sites is 1. The average Bonchev–Trinajstić information content (AvgIpc) is 3.09. The monoisotopic (exact) mass is 356 g/mol. The van der Waals surface area contributed by atoms with Crippen molar-refractivity contribution in [1.29, 1.82) is 0 Å². The van der Waals surface area contributed by atoms with Crippen molar-refractivity contribution in [2.45, 2.75) is 37.6 Å². The SMILES string of the molecule is NC(=O)c1cc(C(=O)NC2(C(=O)O)CCCCC2)nn1-c1ccccc1. The van der Waals surface area contributed by atoms with Gasteiger partial charge in [0, 0.05) is 6.07 Å².